The van der Waals surface area contributed by atoms with Crippen molar-refractivity contribution in [1.29, 1.82) is 0 Å². The van der Waals surface area contributed by atoms with Gasteiger partial charge in [-0.25, -0.2) is 9.59 Å². The lowest BCUT2D eigenvalue weighted by molar-refractivity contribution is -0.170. The summed E-state index contributed by atoms with van der Waals surface area (Å²) in [6.07, 6.45) is -2.36. The maximum absolute atomic E-state index is 13.6. The van der Waals surface area contributed by atoms with Gasteiger partial charge < -0.3 is 9.57 Å². The first-order chi connectivity index (χ1) is 9.46. The highest BCUT2D eigenvalue weighted by molar-refractivity contribution is 5.72. The van der Waals surface area contributed by atoms with Crippen LogP contribution in [0.15, 0.2) is 15.9 Å². The van der Waals surface area contributed by atoms with Gasteiger partial charge in [0, 0.05) is 19.7 Å². The second kappa shape index (κ2) is 6.88. The summed E-state index contributed by atoms with van der Waals surface area (Å²) < 4.78 is 20.1. The van der Waals surface area contributed by atoms with Gasteiger partial charge in [-0.05, 0) is 20.8 Å². The average molecular weight is 287 g/mol. The standard InChI is InChI=1S/C12H18FN3O4/c1-5-15-9(14-4)7-8(3)16(12(15)18)20-10(13)11(17)19-6-2/h7,10H,5-6H2,1-4H3/t10-/m0/s1. The highest BCUT2D eigenvalue weighted by Crippen LogP contribution is 1.96. The molecular weight excluding hydrogens is 269 g/mol. The van der Waals surface area contributed by atoms with E-state index < -0.39 is 18.0 Å². The number of halogens is 1. The Kier molecular flexibility index (Phi) is 5.48. The van der Waals surface area contributed by atoms with Crippen LogP contribution in [0.1, 0.15) is 19.5 Å². The third-order valence-corrected chi connectivity index (χ3v) is 2.55. The first-order valence-electron chi connectivity index (χ1n) is 6.20. The van der Waals surface area contributed by atoms with Crippen LogP contribution in [0, 0.1) is 6.92 Å². The zero-order valence-corrected chi connectivity index (χ0v) is 11.9. The monoisotopic (exact) mass is 287 g/mol. The Hall–Kier alpha value is -2.12. The number of carbonyl (C=O) groups excluding carboxylic acids is 1. The van der Waals surface area contributed by atoms with Crippen LogP contribution in [0.2, 0.25) is 0 Å². The summed E-state index contributed by atoms with van der Waals surface area (Å²) in [5, 5.41) is 0. The molecule has 112 valence electrons. The second-order valence-electron chi connectivity index (χ2n) is 3.86. The van der Waals surface area contributed by atoms with E-state index in [1.165, 1.54) is 4.57 Å². The van der Waals surface area contributed by atoms with Gasteiger partial charge in [0.05, 0.1) is 12.3 Å². The number of hydrogen-bond donors (Lipinski definition) is 0. The van der Waals surface area contributed by atoms with Crippen molar-refractivity contribution >= 4 is 5.97 Å². The first-order valence-corrected chi connectivity index (χ1v) is 6.20. The molecule has 0 aliphatic carbocycles. The molecule has 1 aromatic rings. The van der Waals surface area contributed by atoms with Crippen molar-refractivity contribution < 1.29 is 18.8 Å². The quantitative estimate of drug-likeness (QED) is 0.703. The lowest BCUT2D eigenvalue weighted by Gasteiger charge is -2.15. The van der Waals surface area contributed by atoms with Crippen LogP contribution in [0.4, 0.5) is 4.39 Å². The zero-order valence-electron chi connectivity index (χ0n) is 11.9. The van der Waals surface area contributed by atoms with Crippen LogP contribution in [0.3, 0.4) is 0 Å². The maximum Gasteiger partial charge on any atom is 0.383 e. The van der Waals surface area contributed by atoms with E-state index in [9.17, 15) is 14.0 Å². The van der Waals surface area contributed by atoms with Crippen LogP contribution in [-0.4, -0.2) is 35.3 Å². The second-order valence-corrected chi connectivity index (χ2v) is 3.86. The molecule has 0 spiro atoms. The van der Waals surface area contributed by atoms with E-state index in [0.717, 1.165) is 4.73 Å². The predicted octanol–water partition coefficient (Wildman–Crippen LogP) is -0.204. The molecular formula is C12H18FN3O4. The highest BCUT2D eigenvalue weighted by atomic mass is 19.1. The molecule has 1 heterocycles. The first kappa shape index (κ1) is 15.9. The summed E-state index contributed by atoms with van der Waals surface area (Å²) in [5.41, 5.74) is 0.161. The summed E-state index contributed by atoms with van der Waals surface area (Å²) in [6.45, 7) is 5.21. The predicted molar refractivity (Wildman–Crippen MR) is 68.7 cm³/mol. The van der Waals surface area contributed by atoms with Gasteiger partial charge in [-0.3, -0.25) is 9.56 Å². The average Bonchev–Trinajstić information content (AvgIpc) is 2.42. The molecule has 0 aliphatic heterocycles. The summed E-state index contributed by atoms with van der Waals surface area (Å²) in [7, 11) is 1.54. The molecule has 0 saturated heterocycles. The smallest absolute Gasteiger partial charge is 0.383 e. The number of aromatic nitrogens is 2. The van der Waals surface area contributed by atoms with E-state index in [4.69, 9.17) is 4.84 Å². The molecule has 0 aromatic carbocycles. The van der Waals surface area contributed by atoms with Crippen molar-refractivity contribution in [2.75, 3.05) is 13.7 Å². The Labute approximate surface area is 115 Å². The van der Waals surface area contributed by atoms with E-state index in [1.807, 2.05) is 0 Å². The highest BCUT2D eigenvalue weighted by Gasteiger charge is 2.22. The van der Waals surface area contributed by atoms with E-state index in [0.29, 0.717) is 17.7 Å². The SMILES string of the molecule is CCOC(=O)[C@@H](F)On1c(C)cc(=NC)n(CC)c1=O. The number of hydrogen-bond acceptors (Lipinski definition) is 5. The van der Waals surface area contributed by atoms with Crippen molar-refractivity contribution in [1.82, 2.24) is 9.30 Å². The molecule has 0 N–H and O–H groups in total. The van der Waals surface area contributed by atoms with Crippen molar-refractivity contribution in [3.05, 3.63) is 27.7 Å². The Bertz CT molecular complexity index is 606. The van der Waals surface area contributed by atoms with Crippen LogP contribution >= 0.6 is 0 Å². The largest absolute Gasteiger partial charge is 0.461 e. The Morgan fingerprint density at radius 3 is 2.65 bits per heavy atom. The minimum Gasteiger partial charge on any atom is -0.461 e. The Morgan fingerprint density at radius 2 is 2.15 bits per heavy atom. The third kappa shape index (κ3) is 3.25. The fraction of sp³-hybridized carbons (Fsp3) is 0.583. The van der Waals surface area contributed by atoms with Gasteiger partial charge in [-0.1, -0.05) is 0 Å². The molecule has 0 saturated carbocycles. The fourth-order valence-corrected chi connectivity index (χ4v) is 1.64. The van der Waals surface area contributed by atoms with Crippen LogP contribution in [-0.2, 0) is 16.1 Å². The minimum atomic E-state index is -2.36. The van der Waals surface area contributed by atoms with Crippen molar-refractivity contribution in [3.8, 4) is 0 Å². The van der Waals surface area contributed by atoms with Gasteiger partial charge in [0.25, 0.3) is 0 Å². The van der Waals surface area contributed by atoms with Gasteiger partial charge >= 0.3 is 18.0 Å². The molecule has 7 nitrogen and oxygen atoms in total. The van der Waals surface area contributed by atoms with Gasteiger partial charge in [0.15, 0.2) is 0 Å². The maximum atomic E-state index is 13.6. The molecule has 8 heteroatoms. The molecule has 20 heavy (non-hydrogen) atoms. The molecule has 0 fully saturated rings. The summed E-state index contributed by atoms with van der Waals surface area (Å²) >= 11 is 0. The molecule has 0 amide bonds. The third-order valence-electron chi connectivity index (χ3n) is 2.55. The number of aryl methyl sites for hydroxylation is 1. The van der Waals surface area contributed by atoms with Gasteiger partial charge in [-0.15, -0.1) is 4.73 Å². The number of esters is 1. The number of ether oxygens (including phenoxy) is 1. The molecule has 0 radical (unpaired) electrons. The van der Waals surface area contributed by atoms with Gasteiger partial charge in [0.1, 0.15) is 5.49 Å². The Balaban J connectivity index is 3.20. The number of rotatable bonds is 5. The van der Waals surface area contributed by atoms with E-state index in [1.54, 1.807) is 33.9 Å². The molecule has 1 aromatic heterocycles. The number of nitrogens with zero attached hydrogens (tertiary/aromatic N) is 3. The minimum absolute atomic E-state index is 0.0269. The van der Waals surface area contributed by atoms with Gasteiger partial charge in [0.2, 0.25) is 0 Å². The molecule has 0 aliphatic rings. The number of carbonyl (C=O) groups is 1. The van der Waals surface area contributed by atoms with Crippen LogP contribution in [0.25, 0.3) is 0 Å². The lowest BCUT2D eigenvalue weighted by atomic mass is 10.4. The van der Waals surface area contributed by atoms with E-state index >= 15 is 0 Å². The summed E-state index contributed by atoms with van der Waals surface area (Å²) in [5.74, 6) is -1.17. The molecule has 0 unspecified atom stereocenters. The molecule has 0 bridgehead atoms. The van der Waals surface area contributed by atoms with Crippen LogP contribution in [0.5, 0.6) is 0 Å². The van der Waals surface area contributed by atoms with E-state index in [2.05, 4.69) is 9.73 Å². The van der Waals surface area contributed by atoms with Crippen LogP contribution < -0.4 is 16.0 Å². The van der Waals surface area contributed by atoms with E-state index in [-0.39, 0.29) is 6.61 Å². The normalized spacial score (nSPS) is 13.2. The Morgan fingerprint density at radius 1 is 1.50 bits per heavy atom. The van der Waals surface area contributed by atoms with Crippen molar-refractivity contribution in [3.63, 3.8) is 0 Å². The topological polar surface area (TPSA) is 74.8 Å². The number of alkyl halides is 1. The summed E-state index contributed by atoms with van der Waals surface area (Å²) in [4.78, 5) is 32.0. The molecule has 1 atom stereocenters. The summed E-state index contributed by atoms with van der Waals surface area (Å²) in [6, 6.07) is 1.56. The van der Waals surface area contributed by atoms with Crippen molar-refractivity contribution in [2.45, 2.75) is 33.7 Å². The van der Waals surface area contributed by atoms with Crippen molar-refractivity contribution in [2.24, 2.45) is 4.99 Å². The van der Waals surface area contributed by atoms with Gasteiger partial charge in [-0.2, -0.15) is 4.39 Å². The lowest BCUT2D eigenvalue weighted by Crippen LogP contribution is -2.46. The fourth-order valence-electron chi connectivity index (χ4n) is 1.64. The molecule has 1 rings (SSSR count). The zero-order chi connectivity index (χ0) is 15.3.